The first kappa shape index (κ1) is 18.1. The molecule has 0 atom stereocenters. The topological polar surface area (TPSA) is 29.5 Å². The molecule has 0 aliphatic heterocycles. The maximum atomic E-state index is 14.8. The lowest BCUT2D eigenvalue weighted by molar-refractivity contribution is -0.224. The molecule has 2 nitrogen and oxygen atoms in total. The minimum Gasteiger partial charge on any atom is -0.505 e. The van der Waals surface area contributed by atoms with Gasteiger partial charge >= 0.3 is 6.11 Å². The fraction of sp³-hybridized carbons (Fsp3) is 0.400. The van der Waals surface area contributed by atoms with Gasteiger partial charge < -0.3 is 9.84 Å². The molecule has 0 bridgehead atoms. The van der Waals surface area contributed by atoms with Gasteiger partial charge in [-0.25, -0.2) is 8.78 Å². The number of ether oxygens (including phenoxy) is 1. The third kappa shape index (κ3) is 2.75. The molecule has 2 aromatic rings. The summed E-state index contributed by atoms with van der Waals surface area (Å²) in [6, 6.07) is 3.33. The molecule has 0 saturated heterocycles. The normalized spacial score (nSPS) is 21.3. The van der Waals surface area contributed by atoms with E-state index in [0.29, 0.717) is 18.8 Å². The number of phenols is 1. The predicted molar refractivity (Wildman–Crippen MR) is 89.1 cm³/mol. The molecule has 2 aromatic carbocycles. The summed E-state index contributed by atoms with van der Waals surface area (Å²) in [6.45, 7) is 1.99. The van der Waals surface area contributed by atoms with Gasteiger partial charge in [0.05, 0.1) is 5.92 Å². The molecule has 27 heavy (non-hydrogen) atoms. The van der Waals surface area contributed by atoms with Crippen molar-refractivity contribution in [3.05, 3.63) is 35.7 Å². The van der Waals surface area contributed by atoms with Crippen molar-refractivity contribution >= 4 is 0 Å². The highest BCUT2D eigenvalue weighted by molar-refractivity contribution is 6.04. The van der Waals surface area contributed by atoms with E-state index in [1.165, 1.54) is 6.07 Å². The highest BCUT2D eigenvalue weighted by atomic mass is 19.3. The molecule has 1 saturated carbocycles. The Balaban J connectivity index is 1.65. The minimum absolute atomic E-state index is 0.125. The van der Waals surface area contributed by atoms with Crippen LogP contribution in [0.5, 0.6) is 11.5 Å². The first-order chi connectivity index (χ1) is 12.7. The van der Waals surface area contributed by atoms with Gasteiger partial charge in [0.25, 0.3) is 0 Å². The van der Waals surface area contributed by atoms with Crippen LogP contribution < -0.4 is 4.74 Å². The summed E-state index contributed by atoms with van der Waals surface area (Å²) in [6.07, 6.45) is -1.69. The van der Waals surface area contributed by atoms with Gasteiger partial charge in [-0.3, -0.25) is 0 Å². The van der Waals surface area contributed by atoms with Crippen LogP contribution in [-0.2, 0) is 0 Å². The van der Waals surface area contributed by atoms with E-state index in [-0.39, 0.29) is 35.1 Å². The maximum Gasteiger partial charge on any atom is 0.400 e. The smallest absolute Gasteiger partial charge is 0.400 e. The SMILES string of the molecule is CC1CCC(C(F)(F)Oc2ccc3c(c2F)-c2c-3cc(O)c(F)c2F)CC1. The van der Waals surface area contributed by atoms with Crippen LogP contribution in [0.3, 0.4) is 0 Å². The number of hydrogen-bond acceptors (Lipinski definition) is 2. The van der Waals surface area contributed by atoms with Crippen molar-refractivity contribution in [1.29, 1.82) is 0 Å². The van der Waals surface area contributed by atoms with Crippen LogP contribution >= 0.6 is 0 Å². The van der Waals surface area contributed by atoms with Crippen LogP contribution in [0, 0.1) is 29.3 Å². The number of benzene rings is 2. The first-order valence-corrected chi connectivity index (χ1v) is 8.81. The fourth-order valence-corrected chi connectivity index (χ4v) is 3.94. The molecule has 0 radical (unpaired) electrons. The summed E-state index contributed by atoms with van der Waals surface area (Å²) in [4.78, 5) is 0. The molecule has 1 N–H and O–H groups in total. The third-order valence-electron chi connectivity index (χ3n) is 5.57. The molecule has 7 heteroatoms. The van der Waals surface area contributed by atoms with Crippen LogP contribution in [0.15, 0.2) is 18.2 Å². The van der Waals surface area contributed by atoms with Crippen LogP contribution in [-0.4, -0.2) is 11.2 Å². The Bertz CT molecular complexity index is 917. The summed E-state index contributed by atoms with van der Waals surface area (Å²) in [7, 11) is 0. The minimum atomic E-state index is -3.56. The average Bonchev–Trinajstić information content (AvgIpc) is 2.60. The number of halogens is 5. The van der Waals surface area contributed by atoms with Gasteiger partial charge in [0.15, 0.2) is 23.1 Å². The summed E-state index contributed by atoms with van der Waals surface area (Å²) >= 11 is 0. The Kier molecular flexibility index (Phi) is 4.09. The molecule has 2 aliphatic carbocycles. The number of aromatic hydroxyl groups is 1. The van der Waals surface area contributed by atoms with Crippen molar-refractivity contribution < 1.29 is 31.8 Å². The first-order valence-electron chi connectivity index (χ1n) is 8.81. The predicted octanol–water partition coefficient (Wildman–Crippen LogP) is 6.25. The summed E-state index contributed by atoms with van der Waals surface area (Å²) in [5, 5.41) is 9.37. The quantitative estimate of drug-likeness (QED) is 0.541. The van der Waals surface area contributed by atoms with E-state index in [4.69, 9.17) is 4.74 Å². The standard InChI is InChI=1S/C20H17F5O2/c1-9-2-4-10(5-3-9)20(24,25)27-14-7-6-11-12-8-13(26)17(21)19(23)16(12)15(11)18(14)22/h6-10,26H,2-5H2,1H3. The zero-order chi connectivity index (χ0) is 19.5. The van der Waals surface area contributed by atoms with Gasteiger partial charge in [-0.2, -0.15) is 13.2 Å². The lowest BCUT2D eigenvalue weighted by atomic mass is 9.79. The number of alkyl halides is 2. The van der Waals surface area contributed by atoms with E-state index in [1.54, 1.807) is 0 Å². The van der Waals surface area contributed by atoms with Crippen LogP contribution in [0.2, 0.25) is 0 Å². The fourth-order valence-electron chi connectivity index (χ4n) is 3.94. The molecule has 0 spiro atoms. The lowest BCUT2D eigenvalue weighted by Gasteiger charge is -2.33. The molecule has 2 aliphatic rings. The van der Waals surface area contributed by atoms with E-state index in [2.05, 4.69) is 0 Å². The van der Waals surface area contributed by atoms with Crippen molar-refractivity contribution in [3.8, 4) is 33.8 Å². The Morgan fingerprint density at radius 2 is 1.56 bits per heavy atom. The highest BCUT2D eigenvalue weighted by Crippen LogP contribution is 2.54. The van der Waals surface area contributed by atoms with Gasteiger partial charge in [0.2, 0.25) is 5.82 Å². The molecule has 0 amide bonds. The molecule has 0 heterocycles. The number of fused-ring (bicyclic) bond motifs is 4. The van der Waals surface area contributed by atoms with Gasteiger partial charge in [0, 0.05) is 11.1 Å². The zero-order valence-electron chi connectivity index (χ0n) is 14.5. The second kappa shape index (κ2) is 6.11. The van der Waals surface area contributed by atoms with E-state index in [0.717, 1.165) is 12.1 Å². The summed E-state index contributed by atoms with van der Waals surface area (Å²) < 4.78 is 76.1. The van der Waals surface area contributed by atoms with Crippen LogP contribution in [0.1, 0.15) is 32.6 Å². The molecule has 0 unspecified atom stereocenters. The molecule has 1 fully saturated rings. The van der Waals surface area contributed by atoms with Crippen molar-refractivity contribution in [2.24, 2.45) is 11.8 Å². The summed E-state index contributed by atoms with van der Waals surface area (Å²) in [5.74, 6) is -6.32. The van der Waals surface area contributed by atoms with Gasteiger partial charge in [-0.1, -0.05) is 19.8 Å². The third-order valence-corrected chi connectivity index (χ3v) is 5.57. The van der Waals surface area contributed by atoms with E-state index < -0.39 is 41.0 Å². The average molecular weight is 384 g/mol. The Morgan fingerprint density at radius 1 is 0.926 bits per heavy atom. The van der Waals surface area contributed by atoms with Crippen molar-refractivity contribution in [1.82, 2.24) is 0 Å². The Hall–Kier alpha value is -2.31. The molecule has 4 rings (SSSR count). The Labute approximate surface area is 152 Å². The number of phenolic OH excluding ortho intramolecular Hbond substituents is 1. The van der Waals surface area contributed by atoms with E-state index >= 15 is 0 Å². The highest BCUT2D eigenvalue weighted by Gasteiger charge is 2.45. The second-order valence-corrected chi connectivity index (χ2v) is 7.37. The van der Waals surface area contributed by atoms with Crippen molar-refractivity contribution in [3.63, 3.8) is 0 Å². The van der Waals surface area contributed by atoms with Gasteiger partial charge in [0.1, 0.15) is 0 Å². The number of hydrogen-bond donors (Lipinski definition) is 1. The summed E-state index contributed by atoms with van der Waals surface area (Å²) in [5.41, 5.74) is -0.358. The number of rotatable bonds is 3. The second-order valence-electron chi connectivity index (χ2n) is 7.37. The van der Waals surface area contributed by atoms with Crippen molar-refractivity contribution in [2.45, 2.75) is 38.7 Å². The largest absolute Gasteiger partial charge is 0.505 e. The molecule has 144 valence electrons. The van der Waals surface area contributed by atoms with Gasteiger partial charge in [-0.05, 0) is 48.1 Å². The monoisotopic (exact) mass is 384 g/mol. The van der Waals surface area contributed by atoms with Crippen molar-refractivity contribution in [2.75, 3.05) is 0 Å². The molecule has 0 aromatic heterocycles. The zero-order valence-corrected chi connectivity index (χ0v) is 14.5. The van der Waals surface area contributed by atoms with Crippen LogP contribution in [0.25, 0.3) is 22.3 Å². The van der Waals surface area contributed by atoms with E-state index in [1.807, 2.05) is 6.92 Å². The molecular formula is C20H17F5O2. The maximum absolute atomic E-state index is 14.8. The van der Waals surface area contributed by atoms with E-state index in [9.17, 15) is 27.1 Å². The Morgan fingerprint density at radius 3 is 2.22 bits per heavy atom. The molecular weight excluding hydrogens is 367 g/mol. The lowest BCUT2D eigenvalue weighted by Crippen LogP contribution is -2.37. The van der Waals surface area contributed by atoms with Crippen LogP contribution in [0.4, 0.5) is 22.0 Å². The van der Waals surface area contributed by atoms with Gasteiger partial charge in [-0.15, -0.1) is 0 Å².